The van der Waals surface area contributed by atoms with E-state index in [1.54, 1.807) is 0 Å². The zero-order valence-electron chi connectivity index (χ0n) is 11.3. The molecule has 0 nitrogen and oxygen atoms in total. The predicted molar refractivity (Wildman–Crippen MR) is 81.1 cm³/mol. The third kappa shape index (κ3) is 9.82. The van der Waals surface area contributed by atoms with E-state index in [1.807, 2.05) is 0 Å². The zero-order valence-corrected chi connectivity index (χ0v) is 14.2. The highest BCUT2D eigenvalue weighted by atomic mass is 79.9. The molecule has 0 radical (unpaired) electrons. The summed E-state index contributed by atoms with van der Waals surface area (Å²) >= 11 is 0. The van der Waals surface area contributed by atoms with E-state index in [9.17, 15) is 0 Å². The second-order valence-electron chi connectivity index (χ2n) is 6.16. The molecule has 0 aliphatic carbocycles. The molecule has 15 heavy (non-hydrogen) atoms. The van der Waals surface area contributed by atoms with Crippen LogP contribution in [0.3, 0.4) is 0 Å². The van der Waals surface area contributed by atoms with E-state index >= 15 is 0 Å². The number of rotatable bonds is 6. The maximum atomic E-state index is 3.15. The Morgan fingerprint density at radius 3 is 1.07 bits per heavy atom. The lowest BCUT2D eigenvalue weighted by molar-refractivity contribution is 0.329. The topological polar surface area (TPSA) is 0 Å². The number of hydrogen-bond donors (Lipinski definition) is 0. The highest BCUT2D eigenvalue weighted by Crippen LogP contribution is 2.39. The highest BCUT2D eigenvalue weighted by Gasteiger charge is 2.27. The normalized spacial score (nSPS) is 12.4. The fraction of sp³-hybridized carbons (Fsp3) is 1.00. The molecule has 1 unspecified atom stereocenters. The van der Waals surface area contributed by atoms with Crippen molar-refractivity contribution in [1.82, 2.24) is 0 Å². The van der Waals surface area contributed by atoms with Crippen LogP contribution in [0.4, 0.5) is 0 Å². The van der Waals surface area contributed by atoms with Crippen LogP contribution >= 0.6 is 26.2 Å². The van der Waals surface area contributed by atoms with Crippen molar-refractivity contribution >= 4 is 26.2 Å². The van der Waals surface area contributed by atoms with Crippen LogP contribution < -0.4 is 0 Å². The van der Waals surface area contributed by atoms with Gasteiger partial charge in [0.25, 0.3) is 0 Å². The van der Waals surface area contributed by atoms with Crippen LogP contribution in [0.15, 0.2) is 0 Å². The smallest absolute Gasteiger partial charge is 0.0143 e. The molecular formula is C13H30BrP. The van der Waals surface area contributed by atoms with Gasteiger partial charge in [-0.05, 0) is 42.2 Å². The maximum Gasteiger partial charge on any atom is -0.0143 e. The SMILES string of the molecule is Br.CC(C)CC(P)(CC(C)C)CC(C)C. The summed E-state index contributed by atoms with van der Waals surface area (Å²) < 4.78 is 0. The van der Waals surface area contributed by atoms with E-state index in [0.29, 0.717) is 5.16 Å². The molecule has 0 saturated carbocycles. The minimum atomic E-state index is 0. The van der Waals surface area contributed by atoms with Gasteiger partial charge < -0.3 is 0 Å². The summed E-state index contributed by atoms with van der Waals surface area (Å²) in [5, 5.41) is 0.483. The first-order chi connectivity index (χ1) is 6.25. The molecule has 0 amide bonds. The van der Waals surface area contributed by atoms with Gasteiger partial charge in [-0.1, -0.05) is 41.5 Å². The van der Waals surface area contributed by atoms with Gasteiger partial charge in [0.1, 0.15) is 0 Å². The van der Waals surface area contributed by atoms with E-state index in [4.69, 9.17) is 0 Å². The third-order valence-corrected chi connectivity index (χ3v) is 3.15. The zero-order chi connectivity index (χ0) is 11.4. The van der Waals surface area contributed by atoms with Crippen LogP contribution in [0, 0.1) is 17.8 Å². The molecule has 1 atom stereocenters. The minimum Gasteiger partial charge on any atom is -0.131 e. The average Bonchev–Trinajstić information content (AvgIpc) is 1.76. The van der Waals surface area contributed by atoms with Crippen molar-refractivity contribution < 1.29 is 0 Å². The van der Waals surface area contributed by atoms with Gasteiger partial charge in [-0.3, -0.25) is 0 Å². The molecule has 0 aliphatic heterocycles. The highest BCUT2D eigenvalue weighted by molar-refractivity contribution is 8.93. The second kappa shape index (κ2) is 8.07. The molecule has 0 rings (SSSR count). The molecular weight excluding hydrogens is 267 g/mol. The van der Waals surface area contributed by atoms with E-state index in [1.165, 1.54) is 19.3 Å². The molecule has 0 aliphatic rings. The molecule has 0 aromatic heterocycles. The summed E-state index contributed by atoms with van der Waals surface area (Å²) in [6.45, 7) is 14.0. The molecule has 94 valence electrons. The summed E-state index contributed by atoms with van der Waals surface area (Å²) in [6.07, 6.45) is 4.02. The molecule has 0 saturated heterocycles. The fourth-order valence-electron chi connectivity index (χ4n) is 2.69. The molecule has 0 aromatic carbocycles. The van der Waals surface area contributed by atoms with Crippen molar-refractivity contribution in [3.8, 4) is 0 Å². The van der Waals surface area contributed by atoms with Crippen molar-refractivity contribution in [1.29, 1.82) is 0 Å². The Labute approximate surface area is 110 Å². The van der Waals surface area contributed by atoms with Gasteiger partial charge in [0.05, 0.1) is 0 Å². The summed E-state index contributed by atoms with van der Waals surface area (Å²) in [6, 6.07) is 0. The quantitative estimate of drug-likeness (QED) is 0.582. The minimum absolute atomic E-state index is 0. The van der Waals surface area contributed by atoms with Gasteiger partial charge in [-0.15, -0.1) is 26.2 Å². The van der Waals surface area contributed by atoms with Crippen molar-refractivity contribution in [3.05, 3.63) is 0 Å². The summed E-state index contributed by atoms with van der Waals surface area (Å²) in [5.41, 5.74) is 0. The van der Waals surface area contributed by atoms with Crippen molar-refractivity contribution in [3.63, 3.8) is 0 Å². The Hall–Kier alpha value is 0.910. The average molecular weight is 297 g/mol. The Bertz CT molecular complexity index is 126. The molecule has 0 bridgehead atoms. The first-order valence-corrected chi connectivity index (χ1v) is 6.62. The standard InChI is InChI=1S/C13H29P.BrH/c1-10(2)7-13(14,8-11(3)4)9-12(5)6;/h10-12H,7-9,14H2,1-6H3;1H. The van der Waals surface area contributed by atoms with E-state index in [0.717, 1.165) is 17.8 Å². The Morgan fingerprint density at radius 1 is 0.733 bits per heavy atom. The van der Waals surface area contributed by atoms with Crippen LogP contribution in [-0.2, 0) is 0 Å². The predicted octanol–water partition coefficient (Wildman–Crippen LogP) is 5.32. The lowest BCUT2D eigenvalue weighted by Gasteiger charge is -2.34. The Balaban J connectivity index is 0. The van der Waals surface area contributed by atoms with E-state index < -0.39 is 0 Å². The lowest BCUT2D eigenvalue weighted by atomic mass is 9.83. The second-order valence-corrected chi connectivity index (χ2v) is 7.38. The monoisotopic (exact) mass is 296 g/mol. The van der Waals surface area contributed by atoms with Gasteiger partial charge in [0, 0.05) is 0 Å². The molecule has 0 heterocycles. The Morgan fingerprint density at radius 2 is 0.933 bits per heavy atom. The van der Waals surface area contributed by atoms with Gasteiger partial charge in [0.2, 0.25) is 0 Å². The summed E-state index contributed by atoms with van der Waals surface area (Å²) in [4.78, 5) is 0. The largest absolute Gasteiger partial charge is 0.131 e. The third-order valence-electron chi connectivity index (χ3n) is 2.44. The van der Waals surface area contributed by atoms with Crippen LogP contribution in [0.2, 0.25) is 0 Å². The van der Waals surface area contributed by atoms with Gasteiger partial charge in [0.15, 0.2) is 0 Å². The van der Waals surface area contributed by atoms with Gasteiger partial charge in [-0.2, -0.15) is 0 Å². The lowest BCUT2D eigenvalue weighted by Crippen LogP contribution is -2.27. The van der Waals surface area contributed by atoms with Crippen molar-refractivity contribution in [2.24, 2.45) is 17.8 Å². The van der Waals surface area contributed by atoms with Crippen molar-refractivity contribution in [2.75, 3.05) is 0 Å². The molecule has 0 aromatic rings. The Kier molecular flexibility index (Phi) is 9.83. The van der Waals surface area contributed by atoms with Gasteiger partial charge >= 0.3 is 0 Å². The number of hydrogen-bond acceptors (Lipinski definition) is 0. The van der Waals surface area contributed by atoms with E-state index in [-0.39, 0.29) is 17.0 Å². The molecule has 0 spiro atoms. The fourth-order valence-corrected chi connectivity index (χ4v) is 4.10. The maximum absolute atomic E-state index is 3.15. The van der Waals surface area contributed by atoms with E-state index in [2.05, 4.69) is 50.8 Å². The molecule has 0 fully saturated rings. The first kappa shape index (κ1) is 18.3. The summed E-state index contributed by atoms with van der Waals surface area (Å²) in [7, 11) is 3.15. The van der Waals surface area contributed by atoms with Crippen LogP contribution in [-0.4, -0.2) is 5.16 Å². The van der Waals surface area contributed by atoms with Crippen LogP contribution in [0.5, 0.6) is 0 Å². The number of halogens is 1. The van der Waals surface area contributed by atoms with Crippen molar-refractivity contribution in [2.45, 2.75) is 66.0 Å². The first-order valence-electron chi connectivity index (χ1n) is 6.04. The molecule has 0 N–H and O–H groups in total. The summed E-state index contributed by atoms with van der Waals surface area (Å²) in [5.74, 6) is 2.43. The van der Waals surface area contributed by atoms with Crippen LogP contribution in [0.25, 0.3) is 0 Å². The van der Waals surface area contributed by atoms with Gasteiger partial charge in [-0.25, -0.2) is 0 Å². The van der Waals surface area contributed by atoms with Crippen LogP contribution in [0.1, 0.15) is 60.8 Å². The molecule has 2 heteroatoms.